The van der Waals surface area contributed by atoms with Gasteiger partial charge in [0, 0.05) is 27.9 Å². The molecular formula is C24H17ClFN3O. The number of halogens is 2. The van der Waals surface area contributed by atoms with Gasteiger partial charge in [-0.25, -0.2) is 4.39 Å². The summed E-state index contributed by atoms with van der Waals surface area (Å²) in [5.74, 6) is -0.285. The van der Waals surface area contributed by atoms with E-state index in [1.165, 1.54) is 12.1 Å². The average Bonchev–Trinajstić information content (AvgIpc) is 3.24. The molecule has 4 nitrogen and oxygen atoms in total. The number of fused-ring (bicyclic) bond motifs is 1. The van der Waals surface area contributed by atoms with Gasteiger partial charge in [0.2, 0.25) is 0 Å². The number of hydrogen-bond acceptors (Lipinski definition) is 3. The minimum Gasteiger partial charge on any atom is -0.321 e. The van der Waals surface area contributed by atoms with Gasteiger partial charge >= 0.3 is 0 Å². The first-order valence-corrected chi connectivity index (χ1v) is 9.97. The maximum Gasteiger partial charge on any atom is 0.258 e. The molecule has 1 aromatic heterocycles. The predicted molar refractivity (Wildman–Crippen MR) is 118 cm³/mol. The summed E-state index contributed by atoms with van der Waals surface area (Å²) in [7, 11) is 0. The molecular weight excluding hydrogens is 401 g/mol. The highest BCUT2D eigenvalue weighted by Crippen LogP contribution is 2.34. The van der Waals surface area contributed by atoms with E-state index < -0.39 is 0 Å². The molecule has 0 spiro atoms. The van der Waals surface area contributed by atoms with Crippen LogP contribution in [-0.4, -0.2) is 10.7 Å². The van der Waals surface area contributed by atoms with Crippen LogP contribution in [0.15, 0.2) is 82.7 Å². The fraction of sp³-hybridized carbons (Fsp3) is 0.0833. The molecule has 6 heteroatoms. The van der Waals surface area contributed by atoms with Crippen molar-refractivity contribution in [3.05, 3.63) is 105 Å². The monoisotopic (exact) mass is 417 g/mol. The molecule has 3 aromatic carbocycles. The minimum atomic E-state index is -0.285. The van der Waals surface area contributed by atoms with Crippen molar-refractivity contribution in [3.63, 3.8) is 0 Å². The Morgan fingerprint density at radius 3 is 2.50 bits per heavy atom. The van der Waals surface area contributed by atoms with Crippen molar-refractivity contribution in [2.45, 2.75) is 12.5 Å². The van der Waals surface area contributed by atoms with Crippen LogP contribution in [0.1, 0.15) is 23.6 Å². The van der Waals surface area contributed by atoms with Crippen LogP contribution >= 0.6 is 11.6 Å². The molecule has 0 bridgehead atoms. The number of rotatable bonds is 3. The SMILES string of the molecule is O=c1[nH]c2ccc(Cl)cc2c(-c2ccccc2)c1C1=NNC(c2ccc(F)cc2)C1. The van der Waals surface area contributed by atoms with Crippen molar-refractivity contribution in [1.82, 2.24) is 10.4 Å². The van der Waals surface area contributed by atoms with E-state index in [9.17, 15) is 9.18 Å². The molecule has 0 aliphatic carbocycles. The molecule has 1 unspecified atom stereocenters. The van der Waals surface area contributed by atoms with Crippen molar-refractivity contribution in [3.8, 4) is 11.1 Å². The van der Waals surface area contributed by atoms with E-state index in [1.807, 2.05) is 42.5 Å². The van der Waals surface area contributed by atoms with Crippen molar-refractivity contribution in [1.29, 1.82) is 0 Å². The number of pyridine rings is 1. The molecule has 0 amide bonds. The molecule has 0 saturated heterocycles. The molecule has 148 valence electrons. The van der Waals surface area contributed by atoms with Crippen LogP contribution in [-0.2, 0) is 0 Å². The summed E-state index contributed by atoms with van der Waals surface area (Å²) in [5, 5.41) is 5.93. The average molecular weight is 418 g/mol. The maximum absolute atomic E-state index is 13.3. The molecule has 1 aliphatic rings. The van der Waals surface area contributed by atoms with Crippen molar-refractivity contribution >= 4 is 28.2 Å². The summed E-state index contributed by atoms with van der Waals surface area (Å²) in [5.41, 5.74) is 7.42. The lowest BCUT2D eigenvalue weighted by Crippen LogP contribution is -2.20. The van der Waals surface area contributed by atoms with Crippen LogP contribution in [0.5, 0.6) is 0 Å². The van der Waals surface area contributed by atoms with E-state index in [4.69, 9.17) is 11.6 Å². The van der Waals surface area contributed by atoms with Gasteiger partial charge in [0.25, 0.3) is 5.56 Å². The number of H-pyrrole nitrogens is 1. The molecule has 1 atom stereocenters. The molecule has 4 aromatic rings. The maximum atomic E-state index is 13.3. The van der Waals surface area contributed by atoms with Gasteiger partial charge in [-0.15, -0.1) is 0 Å². The first kappa shape index (κ1) is 18.6. The summed E-state index contributed by atoms with van der Waals surface area (Å²) in [4.78, 5) is 16.1. The first-order valence-electron chi connectivity index (χ1n) is 9.59. The second-order valence-electron chi connectivity index (χ2n) is 7.26. The van der Waals surface area contributed by atoms with Gasteiger partial charge in [0.15, 0.2) is 0 Å². The normalized spacial score (nSPS) is 15.8. The predicted octanol–water partition coefficient (Wildman–Crippen LogP) is 5.43. The van der Waals surface area contributed by atoms with Crippen LogP contribution in [0.4, 0.5) is 4.39 Å². The first-order chi connectivity index (χ1) is 14.6. The molecule has 5 rings (SSSR count). The van der Waals surface area contributed by atoms with E-state index >= 15 is 0 Å². The minimum absolute atomic E-state index is 0.126. The number of hydrazone groups is 1. The van der Waals surface area contributed by atoms with E-state index in [-0.39, 0.29) is 17.4 Å². The van der Waals surface area contributed by atoms with Crippen molar-refractivity contribution in [2.75, 3.05) is 0 Å². The zero-order chi connectivity index (χ0) is 20.7. The highest BCUT2D eigenvalue weighted by Gasteiger charge is 2.26. The van der Waals surface area contributed by atoms with Crippen LogP contribution < -0.4 is 11.0 Å². The lowest BCUT2D eigenvalue weighted by Gasteiger charge is -2.14. The third-order valence-electron chi connectivity index (χ3n) is 5.35. The number of nitrogens with one attached hydrogen (secondary N) is 2. The van der Waals surface area contributed by atoms with Gasteiger partial charge < -0.3 is 10.4 Å². The van der Waals surface area contributed by atoms with Gasteiger partial charge in [-0.1, -0.05) is 54.1 Å². The van der Waals surface area contributed by atoms with E-state index in [1.54, 1.807) is 18.2 Å². The van der Waals surface area contributed by atoms with Gasteiger partial charge in [-0.05, 0) is 41.5 Å². The Balaban J connectivity index is 1.67. The summed E-state index contributed by atoms with van der Waals surface area (Å²) < 4.78 is 13.3. The Kier molecular flexibility index (Phi) is 4.60. The quantitative estimate of drug-likeness (QED) is 0.467. The highest BCUT2D eigenvalue weighted by molar-refractivity contribution is 6.31. The third-order valence-corrected chi connectivity index (χ3v) is 5.59. The Morgan fingerprint density at radius 2 is 1.73 bits per heavy atom. The number of aromatic amines is 1. The van der Waals surface area contributed by atoms with Gasteiger partial charge in [0.1, 0.15) is 5.82 Å². The summed E-state index contributed by atoms with van der Waals surface area (Å²) >= 11 is 6.28. The fourth-order valence-electron chi connectivity index (χ4n) is 3.93. The van der Waals surface area contributed by atoms with Crippen LogP contribution in [0, 0.1) is 5.82 Å². The summed E-state index contributed by atoms with van der Waals surface area (Å²) in [6.07, 6.45) is 0.515. The molecule has 0 saturated carbocycles. The number of nitrogens with zero attached hydrogens (tertiary/aromatic N) is 1. The Bertz CT molecular complexity index is 1330. The number of hydrogen-bond donors (Lipinski definition) is 2. The largest absolute Gasteiger partial charge is 0.321 e. The van der Waals surface area contributed by atoms with Crippen molar-refractivity contribution in [2.24, 2.45) is 5.10 Å². The number of aromatic nitrogens is 1. The van der Waals surface area contributed by atoms with E-state index in [2.05, 4.69) is 15.5 Å². The zero-order valence-corrected chi connectivity index (χ0v) is 16.6. The molecule has 2 N–H and O–H groups in total. The lowest BCUT2D eigenvalue weighted by atomic mass is 9.91. The van der Waals surface area contributed by atoms with Gasteiger partial charge in [0.05, 0.1) is 17.3 Å². The fourth-order valence-corrected chi connectivity index (χ4v) is 4.10. The topological polar surface area (TPSA) is 57.2 Å². The Hall–Kier alpha value is -3.44. The standard InChI is InChI=1S/C24H17ClFN3O/c25-16-8-11-19-18(12-16)22(15-4-2-1-3-5-15)23(24(30)27-19)21-13-20(28-29-21)14-6-9-17(26)10-7-14/h1-12,20,28H,13H2,(H,27,30). The van der Waals surface area contributed by atoms with Crippen LogP contribution in [0.2, 0.25) is 5.02 Å². The Labute approximate surface area is 177 Å². The molecule has 30 heavy (non-hydrogen) atoms. The molecule has 0 radical (unpaired) electrons. The van der Waals surface area contributed by atoms with Crippen LogP contribution in [0.3, 0.4) is 0 Å². The van der Waals surface area contributed by atoms with E-state index in [0.29, 0.717) is 28.2 Å². The second-order valence-corrected chi connectivity index (χ2v) is 7.69. The second kappa shape index (κ2) is 7.43. The van der Waals surface area contributed by atoms with Gasteiger partial charge in [-0.2, -0.15) is 5.10 Å². The molecule has 0 fully saturated rings. The molecule has 1 aliphatic heterocycles. The zero-order valence-electron chi connectivity index (χ0n) is 15.8. The lowest BCUT2D eigenvalue weighted by molar-refractivity contribution is 0.607. The summed E-state index contributed by atoms with van der Waals surface area (Å²) in [6, 6.07) is 21.4. The smallest absolute Gasteiger partial charge is 0.258 e. The highest BCUT2D eigenvalue weighted by atomic mass is 35.5. The molecule has 2 heterocycles. The van der Waals surface area contributed by atoms with Gasteiger partial charge in [-0.3, -0.25) is 4.79 Å². The Morgan fingerprint density at radius 1 is 0.967 bits per heavy atom. The van der Waals surface area contributed by atoms with E-state index in [0.717, 1.165) is 22.1 Å². The van der Waals surface area contributed by atoms with Crippen molar-refractivity contribution < 1.29 is 4.39 Å². The van der Waals surface area contributed by atoms with Crippen LogP contribution in [0.25, 0.3) is 22.0 Å². The number of benzene rings is 3. The summed E-state index contributed by atoms with van der Waals surface area (Å²) in [6.45, 7) is 0. The third kappa shape index (κ3) is 3.27.